The number of nitriles is 2. The summed E-state index contributed by atoms with van der Waals surface area (Å²) in [4.78, 5) is 103. The molecule has 0 saturated carbocycles. The zero-order valence-corrected chi connectivity index (χ0v) is 55.1. The van der Waals surface area contributed by atoms with Crippen LogP contribution in [0.25, 0.3) is 0 Å². The van der Waals surface area contributed by atoms with Crippen molar-refractivity contribution in [2.75, 3.05) is 39.6 Å². The number of hydrogen-bond donors (Lipinski definition) is 0. The van der Waals surface area contributed by atoms with Gasteiger partial charge in [0.05, 0.1) is 74.2 Å². The number of imidazole rings is 2. The number of β-lactam (4-membered cyclic amide) rings is 2. The van der Waals surface area contributed by atoms with Gasteiger partial charge in [0.25, 0.3) is 0 Å². The Kier molecular flexibility index (Phi) is 26.8. The Hall–Kier alpha value is -7.19. The van der Waals surface area contributed by atoms with Gasteiger partial charge < -0.3 is 33.3 Å². The van der Waals surface area contributed by atoms with Gasteiger partial charge in [-0.25, -0.2) is 33.3 Å². The molecular weight excluding hydrogens is 1460 g/mol. The first-order valence-electron chi connectivity index (χ1n) is 27.6. The molecule has 87 heavy (non-hydrogen) atoms. The molecule has 2 aromatic carbocycles. The predicted octanol–water partition coefficient (Wildman–Crippen LogP) is 8.64. The van der Waals surface area contributed by atoms with Gasteiger partial charge in [0.15, 0.2) is 0 Å². The summed E-state index contributed by atoms with van der Waals surface area (Å²) >= 11 is 6.72. The number of aromatic nitrogens is 4. The molecule has 25 heteroatoms. The Morgan fingerprint density at radius 3 is 1.57 bits per heavy atom. The number of ether oxygens (including phenoxy) is 4. The molecule has 0 radical (unpaired) electrons. The SMILES string of the molecule is C=CCOOC(=O)C(C)C1C(=O)N2C(C(=O)OCC=C)=C(COc3ccc(CI)cc3I)[C@H](C)C12.C=CCOOC(=O)C(C)C1C(=O)N2C(C(=O)OCC=C)=C(COc3ccc(C[n+]4ccn(CCC#N)c4)cc3I)[C@H](C)C12.N#CCCn1ccnc1. The van der Waals surface area contributed by atoms with E-state index in [9.17, 15) is 28.8 Å². The average molecular weight is 1530 g/mol. The summed E-state index contributed by atoms with van der Waals surface area (Å²) in [5.41, 5.74) is 3.84. The second-order valence-corrected chi connectivity index (χ2v) is 23.3. The smallest absolute Gasteiger partial charge is 0.355 e. The van der Waals surface area contributed by atoms with Gasteiger partial charge in [-0.05, 0) is 80.6 Å². The van der Waals surface area contributed by atoms with Crippen LogP contribution < -0.4 is 14.0 Å². The molecule has 2 amide bonds. The highest BCUT2D eigenvalue weighted by molar-refractivity contribution is 14.1. The summed E-state index contributed by atoms with van der Waals surface area (Å²) < 4.78 is 31.5. The summed E-state index contributed by atoms with van der Waals surface area (Å²) in [5.74, 6) is -5.38. The number of benzene rings is 2. The Morgan fingerprint density at radius 2 is 1.15 bits per heavy atom. The van der Waals surface area contributed by atoms with Gasteiger partial charge >= 0.3 is 23.9 Å². The van der Waals surface area contributed by atoms with E-state index in [2.05, 4.69) is 111 Å². The van der Waals surface area contributed by atoms with Crippen LogP contribution in [0.2, 0.25) is 0 Å². The number of alkyl halides is 1. The number of hydrogen-bond acceptors (Lipinski definition) is 17. The maximum atomic E-state index is 13.3. The van der Waals surface area contributed by atoms with Crippen molar-refractivity contribution in [3.63, 3.8) is 0 Å². The first-order valence-corrected chi connectivity index (χ1v) is 31.3. The lowest BCUT2D eigenvalue weighted by molar-refractivity contribution is -0.687. The highest BCUT2D eigenvalue weighted by atomic mass is 127. The van der Waals surface area contributed by atoms with E-state index in [1.165, 1.54) is 39.7 Å². The fraction of sp³-hybridized carbons (Fsp3) is 0.387. The van der Waals surface area contributed by atoms with E-state index in [0.29, 0.717) is 48.6 Å². The van der Waals surface area contributed by atoms with Gasteiger partial charge in [-0.15, -0.1) is 13.2 Å². The van der Waals surface area contributed by atoms with Crippen molar-refractivity contribution in [1.82, 2.24) is 23.9 Å². The van der Waals surface area contributed by atoms with Crippen LogP contribution in [0.5, 0.6) is 11.5 Å². The van der Waals surface area contributed by atoms with Crippen LogP contribution in [-0.2, 0) is 81.9 Å². The van der Waals surface area contributed by atoms with Crippen molar-refractivity contribution in [2.24, 2.45) is 35.5 Å². The fourth-order valence-corrected chi connectivity index (χ4v) is 12.2. The van der Waals surface area contributed by atoms with Crippen molar-refractivity contribution < 1.29 is 71.8 Å². The predicted molar refractivity (Wildman–Crippen MR) is 339 cm³/mol. The molecule has 2 aromatic heterocycles. The van der Waals surface area contributed by atoms with E-state index in [-0.39, 0.29) is 74.7 Å². The molecule has 4 aliphatic rings. The van der Waals surface area contributed by atoms with Crippen LogP contribution >= 0.6 is 67.8 Å². The number of amides is 2. The lowest BCUT2D eigenvalue weighted by atomic mass is 9.74. The summed E-state index contributed by atoms with van der Waals surface area (Å²) in [6, 6.07) is 15.2. The van der Waals surface area contributed by atoms with Crippen LogP contribution in [0.15, 0.2) is 147 Å². The molecule has 0 aliphatic carbocycles. The Balaban J connectivity index is 0.000000246. The molecular formula is C62H68I3N8O14+. The average Bonchev–Trinajstić information content (AvgIpc) is 1.84. The Morgan fingerprint density at radius 1 is 0.690 bits per heavy atom. The normalized spacial score (nSPS) is 19.3. The van der Waals surface area contributed by atoms with Gasteiger partial charge in [-0.1, -0.05) is 99.9 Å². The van der Waals surface area contributed by atoms with E-state index in [0.717, 1.165) is 23.7 Å². The standard InChI is InChI=1S/C31H34IN4O7.C25H27I2NO7.C6H7N3/c1-5-14-40-31(39)28-23(20(3)27-26(29(37)36(27)28)21(4)30(38)43-42-15-6-2)18-41-25-9-8-22(16-24(25)32)17-35-13-12-34(19-35)11-7-10-33;1-5-9-32-25(31)22-17(13-33-19-8-7-16(12-26)11-18(19)27)14(3)21-20(23(29)28(21)22)15(4)24(30)35-34-10-6-2;7-2-1-4-9-5-3-8-6-9/h5-6,8-9,12-13,16,19-21,26-27H,1-2,7,11,14-15,17-18H2,3-4H3;5-8,11,14-15,20-21H,1-2,9-10,12-13H2,3-4H3;3,5-6H,1,4H2/q+1;;/t20-,21?,26?,27?;14-,15?,20?,21?;/m00./s1. The molecule has 6 heterocycles. The summed E-state index contributed by atoms with van der Waals surface area (Å²) in [6.45, 7) is 23.5. The molecule has 0 N–H and O–H groups in total. The van der Waals surface area contributed by atoms with E-state index >= 15 is 0 Å². The molecule has 4 aromatic rings. The zero-order chi connectivity index (χ0) is 63.3. The zero-order valence-electron chi connectivity index (χ0n) is 48.6. The molecule has 2 fully saturated rings. The first kappa shape index (κ1) is 68.9. The fourth-order valence-electron chi connectivity index (χ4n) is 10.3. The summed E-state index contributed by atoms with van der Waals surface area (Å²) in [6.07, 6.45) is 17.9. The molecule has 22 nitrogen and oxygen atoms in total. The Bertz CT molecular complexity index is 3330. The molecule has 0 bridgehead atoms. The van der Waals surface area contributed by atoms with E-state index in [4.69, 9.17) is 49.0 Å². The molecule has 8 atom stereocenters. The number of carbonyl (C=O) groups excluding carboxylic acids is 6. The second-order valence-electron chi connectivity index (χ2n) is 20.3. The van der Waals surface area contributed by atoms with Crippen LogP contribution in [0.4, 0.5) is 0 Å². The highest BCUT2D eigenvalue weighted by Gasteiger charge is 2.63. The van der Waals surface area contributed by atoms with Crippen LogP contribution in [-0.4, -0.2) is 111 Å². The minimum absolute atomic E-state index is 0.0105. The third-order valence-electron chi connectivity index (χ3n) is 14.7. The van der Waals surface area contributed by atoms with Gasteiger partial charge in [0, 0.05) is 46.3 Å². The number of fused-ring (bicyclic) bond motifs is 2. The van der Waals surface area contributed by atoms with E-state index < -0.39 is 59.6 Å². The van der Waals surface area contributed by atoms with E-state index in [1.807, 2.05) is 88.9 Å². The monoisotopic (exact) mass is 1530 g/mol. The number of aryl methyl sites for hydroxylation is 2. The number of carbonyl (C=O) groups is 6. The van der Waals surface area contributed by atoms with E-state index in [1.54, 1.807) is 26.4 Å². The largest absolute Gasteiger partial charge is 0.488 e. The van der Waals surface area contributed by atoms with Gasteiger partial charge in [0.1, 0.15) is 88.0 Å². The number of rotatable bonds is 29. The summed E-state index contributed by atoms with van der Waals surface area (Å²) in [5, 5.41) is 17.0. The maximum absolute atomic E-state index is 13.3. The maximum Gasteiger partial charge on any atom is 0.355 e. The van der Waals surface area contributed by atoms with Crippen molar-refractivity contribution >= 4 is 103 Å². The number of esters is 2. The van der Waals surface area contributed by atoms with Crippen LogP contribution in [0, 0.1) is 65.3 Å². The quantitative estimate of drug-likeness (QED) is 0.00567. The molecule has 460 valence electrons. The topological polar surface area (TPSA) is 257 Å². The number of nitrogens with zero attached hydrogens (tertiary/aromatic N) is 8. The van der Waals surface area contributed by atoms with Crippen molar-refractivity contribution in [3.05, 3.63) is 165 Å². The van der Waals surface area contributed by atoms with Crippen LogP contribution in [0.1, 0.15) is 51.7 Å². The lowest BCUT2D eigenvalue weighted by Gasteiger charge is -2.47. The van der Waals surface area contributed by atoms with Crippen molar-refractivity contribution in [1.29, 1.82) is 10.5 Å². The third kappa shape index (κ3) is 17.1. The van der Waals surface area contributed by atoms with Gasteiger partial charge in [-0.2, -0.15) is 20.3 Å². The third-order valence-corrected chi connectivity index (χ3v) is 17.2. The lowest BCUT2D eigenvalue weighted by Crippen LogP contribution is -2.63. The van der Waals surface area contributed by atoms with Crippen molar-refractivity contribution in [3.8, 4) is 23.6 Å². The molecule has 0 spiro atoms. The van der Waals surface area contributed by atoms with Crippen LogP contribution in [0.3, 0.4) is 0 Å². The Labute approximate surface area is 546 Å². The second kappa shape index (κ2) is 33.8. The van der Waals surface area contributed by atoms with Crippen molar-refractivity contribution in [2.45, 2.75) is 76.7 Å². The highest BCUT2D eigenvalue weighted by Crippen LogP contribution is 2.51. The van der Waals surface area contributed by atoms with Gasteiger partial charge in [-0.3, -0.25) is 19.4 Å². The molecule has 6 unspecified atom stereocenters. The van der Waals surface area contributed by atoms with Gasteiger partial charge in [0.2, 0.25) is 18.1 Å². The molecule has 4 aliphatic heterocycles. The molecule has 8 rings (SSSR count). The summed E-state index contributed by atoms with van der Waals surface area (Å²) in [7, 11) is 0. The number of halogens is 3. The molecule has 2 saturated heterocycles. The minimum atomic E-state index is -0.790. The minimum Gasteiger partial charge on any atom is -0.488 e. The first-order chi connectivity index (χ1) is 41.9.